The molecule has 0 aromatic carbocycles. The molecule has 36 heavy (non-hydrogen) atoms. The van der Waals surface area contributed by atoms with Crippen LogP contribution in [0.2, 0.25) is 0 Å². The first-order valence-corrected chi connectivity index (χ1v) is 14.9. The van der Waals surface area contributed by atoms with Crippen LogP contribution in [-0.4, -0.2) is 56.5 Å². The van der Waals surface area contributed by atoms with Crippen LogP contribution in [0, 0.1) is 50.7 Å². The summed E-state index contributed by atoms with van der Waals surface area (Å²) in [4.78, 5) is 0. The molecule has 0 aromatic heterocycles. The van der Waals surface area contributed by atoms with Crippen LogP contribution in [0.3, 0.4) is 0 Å². The van der Waals surface area contributed by atoms with Gasteiger partial charge >= 0.3 is 0 Å². The highest BCUT2D eigenvalue weighted by Gasteiger charge is 2.84. The second kappa shape index (κ2) is 7.30. The van der Waals surface area contributed by atoms with Gasteiger partial charge < -0.3 is 25.2 Å². The molecule has 0 radical (unpaired) electrons. The molecule has 6 aliphatic rings. The molecule has 1 saturated heterocycles. The monoisotopic (exact) mass is 504 g/mol. The van der Waals surface area contributed by atoms with E-state index in [0.717, 1.165) is 38.5 Å². The lowest BCUT2D eigenvalue weighted by atomic mass is 9.41. The smallest absolute Gasteiger partial charge is 0.0865 e. The second-order valence-electron chi connectivity index (χ2n) is 16.3. The van der Waals surface area contributed by atoms with E-state index in [1.807, 2.05) is 13.8 Å². The van der Waals surface area contributed by atoms with Crippen molar-refractivity contribution in [1.82, 2.24) is 0 Å². The van der Waals surface area contributed by atoms with Crippen molar-refractivity contribution in [2.45, 2.75) is 136 Å². The molecule has 4 N–H and O–H groups in total. The van der Waals surface area contributed by atoms with Gasteiger partial charge in [0.1, 0.15) is 0 Å². The molecule has 12 atom stereocenters. The van der Waals surface area contributed by atoms with Gasteiger partial charge in [-0.3, -0.25) is 0 Å². The Hall–Kier alpha value is -0.200. The van der Waals surface area contributed by atoms with Gasteiger partial charge in [-0.05, 0) is 117 Å². The van der Waals surface area contributed by atoms with Gasteiger partial charge in [0.15, 0.2) is 0 Å². The second-order valence-corrected chi connectivity index (χ2v) is 16.3. The molecule has 0 aromatic rings. The topological polar surface area (TPSA) is 90.2 Å². The molecule has 0 bridgehead atoms. The summed E-state index contributed by atoms with van der Waals surface area (Å²) in [6, 6.07) is 0. The lowest BCUT2D eigenvalue weighted by Crippen LogP contribution is -2.60. The van der Waals surface area contributed by atoms with Gasteiger partial charge in [-0.25, -0.2) is 0 Å². The summed E-state index contributed by atoms with van der Waals surface area (Å²) in [5.74, 6) is 1.13. The standard InChI is InChI=1S/C31H52O5/c1-25(2)20-8-9-21-28(6)15-19(33)23(29(7)11-10-22(36-29)26(3,4)35)27(28,5)12-13-30(21)17-31(20,30)14-18(16-32)24(25)34/h18-24,32-35H,8-17H2,1-7H3/t18?,19-,20?,21?,22+,23?,24?,27+,28-,29-,30-,31+/m0/s1. The van der Waals surface area contributed by atoms with Crippen molar-refractivity contribution in [2.75, 3.05) is 6.61 Å². The summed E-state index contributed by atoms with van der Waals surface area (Å²) in [5, 5.41) is 43.9. The molecule has 5 saturated carbocycles. The van der Waals surface area contributed by atoms with Crippen molar-refractivity contribution >= 4 is 0 Å². The predicted molar refractivity (Wildman–Crippen MR) is 139 cm³/mol. The first-order chi connectivity index (χ1) is 16.5. The summed E-state index contributed by atoms with van der Waals surface area (Å²) >= 11 is 0. The molecule has 5 aliphatic carbocycles. The molecule has 5 nitrogen and oxygen atoms in total. The van der Waals surface area contributed by atoms with Gasteiger partial charge in [0, 0.05) is 18.4 Å². The molecule has 5 unspecified atom stereocenters. The van der Waals surface area contributed by atoms with Crippen LogP contribution in [0.4, 0.5) is 0 Å². The molecule has 0 amide bonds. The highest BCUT2D eigenvalue weighted by atomic mass is 16.5. The van der Waals surface area contributed by atoms with Gasteiger partial charge in [0.2, 0.25) is 0 Å². The van der Waals surface area contributed by atoms with Crippen molar-refractivity contribution in [3.63, 3.8) is 0 Å². The first-order valence-electron chi connectivity index (χ1n) is 14.9. The van der Waals surface area contributed by atoms with E-state index in [1.165, 1.54) is 19.3 Å². The van der Waals surface area contributed by atoms with Crippen molar-refractivity contribution in [3.05, 3.63) is 0 Å². The summed E-state index contributed by atoms with van der Waals surface area (Å²) in [7, 11) is 0. The molecule has 1 heterocycles. The minimum atomic E-state index is -0.872. The Bertz CT molecular complexity index is 926. The maximum Gasteiger partial charge on any atom is 0.0865 e. The zero-order valence-electron chi connectivity index (χ0n) is 23.8. The average Bonchev–Trinajstić information content (AvgIpc) is 3.15. The van der Waals surface area contributed by atoms with Crippen molar-refractivity contribution in [1.29, 1.82) is 0 Å². The Labute approximate surface area is 218 Å². The fraction of sp³-hybridized carbons (Fsp3) is 1.00. The zero-order valence-corrected chi connectivity index (χ0v) is 23.8. The number of aliphatic hydroxyl groups is 4. The van der Waals surface area contributed by atoms with Crippen LogP contribution in [0.15, 0.2) is 0 Å². The highest BCUT2D eigenvalue weighted by Crippen LogP contribution is 2.89. The Morgan fingerprint density at radius 2 is 1.50 bits per heavy atom. The number of ether oxygens (including phenoxy) is 1. The van der Waals surface area contributed by atoms with Crippen LogP contribution in [0.1, 0.15) is 106 Å². The Balaban J connectivity index is 1.35. The molecule has 5 heteroatoms. The third kappa shape index (κ3) is 2.86. The highest BCUT2D eigenvalue weighted by molar-refractivity contribution is 5.32. The van der Waals surface area contributed by atoms with Gasteiger partial charge in [0.05, 0.1) is 29.5 Å². The van der Waals surface area contributed by atoms with Crippen LogP contribution in [-0.2, 0) is 4.74 Å². The summed E-state index contributed by atoms with van der Waals surface area (Å²) in [5.41, 5.74) is -0.909. The molecular weight excluding hydrogens is 452 g/mol. The fourth-order valence-electron chi connectivity index (χ4n) is 12.5. The van der Waals surface area contributed by atoms with Gasteiger partial charge in [0.25, 0.3) is 0 Å². The lowest BCUT2D eigenvalue weighted by Gasteiger charge is -2.64. The number of aliphatic hydroxyl groups excluding tert-OH is 3. The minimum absolute atomic E-state index is 0.0116. The van der Waals surface area contributed by atoms with E-state index in [4.69, 9.17) is 4.74 Å². The Kier molecular flexibility index (Phi) is 5.28. The van der Waals surface area contributed by atoms with Crippen LogP contribution in [0.5, 0.6) is 0 Å². The minimum Gasteiger partial charge on any atom is -0.396 e. The number of fused-ring (bicyclic) bond motifs is 2. The van der Waals surface area contributed by atoms with Crippen LogP contribution < -0.4 is 0 Å². The Morgan fingerprint density at radius 1 is 0.833 bits per heavy atom. The van der Waals surface area contributed by atoms with E-state index in [9.17, 15) is 20.4 Å². The maximum absolute atomic E-state index is 11.8. The van der Waals surface area contributed by atoms with Gasteiger partial charge in [-0.15, -0.1) is 0 Å². The molecule has 6 fully saturated rings. The summed E-state index contributed by atoms with van der Waals surface area (Å²) in [6.45, 7) is 15.4. The summed E-state index contributed by atoms with van der Waals surface area (Å²) < 4.78 is 6.69. The SMILES string of the molecule is CC1(C)C(O)C(CO)C[C@]23C[C@]24CC[C@]2(C)C([C@]5(C)CC[C@H](C(C)(C)O)O5)[C@@H](O)C[C@@]2(C)C4CCC13. The van der Waals surface area contributed by atoms with E-state index in [-0.39, 0.29) is 57.7 Å². The number of hydrogen-bond acceptors (Lipinski definition) is 5. The van der Waals surface area contributed by atoms with Crippen molar-refractivity contribution < 1.29 is 25.2 Å². The van der Waals surface area contributed by atoms with E-state index in [1.54, 1.807) is 0 Å². The third-order valence-electron chi connectivity index (χ3n) is 14.2. The summed E-state index contributed by atoms with van der Waals surface area (Å²) in [6.07, 6.45) is 8.39. The van der Waals surface area contributed by atoms with E-state index >= 15 is 0 Å². The van der Waals surface area contributed by atoms with E-state index in [2.05, 4.69) is 34.6 Å². The molecule has 206 valence electrons. The van der Waals surface area contributed by atoms with Gasteiger partial charge in [-0.1, -0.05) is 27.7 Å². The molecule has 6 rings (SSSR count). The number of rotatable bonds is 3. The van der Waals surface area contributed by atoms with Crippen molar-refractivity contribution in [2.24, 2.45) is 50.7 Å². The Morgan fingerprint density at radius 3 is 2.11 bits per heavy atom. The fourth-order valence-corrected chi connectivity index (χ4v) is 12.5. The quantitative estimate of drug-likeness (QED) is 0.448. The maximum atomic E-state index is 11.8. The zero-order chi connectivity index (χ0) is 26.3. The lowest BCUT2D eigenvalue weighted by molar-refractivity contribution is -0.202. The van der Waals surface area contributed by atoms with Crippen LogP contribution in [0.25, 0.3) is 0 Å². The number of hydrogen-bond donors (Lipinski definition) is 4. The molecular formula is C31H52O5. The average molecular weight is 505 g/mol. The largest absolute Gasteiger partial charge is 0.396 e. The first kappa shape index (κ1) is 26.0. The van der Waals surface area contributed by atoms with Gasteiger partial charge in [-0.2, -0.15) is 0 Å². The van der Waals surface area contributed by atoms with E-state index < -0.39 is 17.3 Å². The molecule has 2 spiro atoms. The third-order valence-corrected chi connectivity index (χ3v) is 14.2. The predicted octanol–water partition coefficient (Wildman–Crippen LogP) is 4.68. The molecule has 1 aliphatic heterocycles. The van der Waals surface area contributed by atoms with E-state index in [0.29, 0.717) is 11.8 Å². The normalized spacial score (nSPS) is 59.6. The van der Waals surface area contributed by atoms with Crippen molar-refractivity contribution in [3.8, 4) is 0 Å². The van der Waals surface area contributed by atoms with Crippen LogP contribution >= 0.6 is 0 Å².